The normalized spacial score (nSPS) is 13.5. The Morgan fingerprint density at radius 1 is 0.958 bits per heavy atom. The lowest BCUT2D eigenvalue weighted by atomic mass is 9.86. The fraction of sp³-hybridized carbons (Fsp3) is 0.600. The molecule has 0 aliphatic heterocycles. The fourth-order valence-corrected chi connectivity index (χ4v) is 2.21. The van der Waals surface area contributed by atoms with Crippen molar-refractivity contribution < 1.29 is 14.3 Å². The zero-order chi connectivity index (χ0) is 18.7. The number of esters is 1. The van der Waals surface area contributed by atoms with E-state index in [2.05, 4.69) is 26.1 Å². The van der Waals surface area contributed by atoms with Gasteiger partial charge in [-0.2, -0.15) is 0 Å². The van der Waals surface area contributed by atoms with Gasteiger partial charge in [0.15, 0.2) is 0 Å². The minimum Gasteiger partial charge on any atom is -0.458 e. The SMILES string of the molecule is CC(C)C(NC(=O)c1ccc(C(C)(C)C)cc1)C(=O)OC(C)(C)C. The molecule has 0 aliphatic rings. The summed E-state index contributed by atoms with van der Waals surface area (Å²) in [7, 11) is 0. The number of hydrogen-bond acceptors (Lipinski definition) is 3. The maximum absolute atomic E-state index is 12.5. The minimum absolute atomic E-state index is 0.0337. The van der Waals surface area contributed by atoms with E-state index in [9.17, 15) is 9.59 Å². The molecule has 0 bridgehead atoms. The van der Waals surface area contributed by atoms with Crippen molar-refractivity contribution in [1.29, 1.82) is 0 Å². The van der Waals surface area contributed by atoms with Gasteiger partial charge in [-0.1, -0.05) is 46.8 Å². The highest BCUT2D eigenvalue weighted by atomic mass is 16.6. The number of amides is 1. The third-order valence-corrected chi connectivity index (χ3v) is 3.63. The lowest BCUT2D eigenvalue weighted by Gasteiger charge is -2.26. The highest BCUT2D eigenvalue weighted by Crippen LogP contribution is 2.22. The largest absolute Gasteiger partial charge is 0.458 e. The van der Waals surface area contributed by atoms with E-state index in [-0.39, 0.29) is 17.2 Å². The molecule has 0 saturated heterocycles. The zero-order valence-electron chi connectivity index (χ0n) is 16.2. The maximum atomic E-state index is 12.5. The van der Waals surface area contributed by atoms with Crippen LogP contribution in [0.15, 0.2) is 24.3 Å². The van der Waals surface area contributed by atoms with Crippen LogP contribution in [0.3, 0.4) is 0 Å². The van der Waals surface area contributed by atoms with E-state index in [1.807, 2.05) is 46.8 Å². The Morgan fingerprint density at radius 2 is 1.46 bits per heavy atom. The summed E-state index contributed by atoms with van der Waals surface area (Å²) in [4.78, 5) is 24.8. The molecule has 4 heteroatoms. The number of benzene rings is 1. The smallest absolute Gasteiger partial charge is 0.329 e. The number of carbonyl (C=O) groups is 2. The second kappa shape index (κ2) is 7.37. The monoisotopic (exact) mass is 333 g/mol. The van der Waals surface area contributed by atoms with Crippen molar-refractivity contribution in [1.82, 2.24) is 5.32 Å². The van der Waals surface area contributed by atoms with E-state index in [1.165, 1.54) is 0 Å². The molecule has 0 aliphatic carbocycles. The Hall–Kier alpha value is -1.84. The first kappa shape index (κ1) is 20.2. The van der Waals surface area contributed by atoms with E-state index in [1.54, 1.807) is 12.1 Å². The van der Waals surface area contributed by atoms with Crippen LogP contribution in [0, 0.1) is 5.92 Å². The van der Waals surface area contributed by atoms with Crippen LogP contribution in [0.5, 0.6) is 0 Å². The molecule has 134 valence electrons. The number of carbonyl (C=O) groups excluding carboxylic acids is 2. The van der Waals surface area contributed by atoms with Crippen LogP contribution in [0.25, 0.3) is 0 Å². The highest BCUT2D eigenvalue weighted by molar-refractivity contribution is 5.96. The van der Waals surface area contributed by atoms with Gasteiger partial charge in [-0.05, 0) is 49.8 Å². The molecule has 1 aromatic carbocycles. The molecular formula is C20H31NO3. The Balaban J connectivity index is 2.88. The summed E-state index contributed by atoms with van der Waals surface area (Å²) in [5, 5.41) is 2.80. The summed E-state index contributed by atoms with van der Waals surface area (Å²) in [6.07, 6.45) is 0. The van der Waals surface area contributed by atoms with Crippen molar-refractivity contribution in [2.75, 3.05) is 0 Å². The number of hydrogen-bond donors (Lipinski definition) is 1. The third kappa shape index (κ3) is 5.99. The van der Waals surface area contributed by atoms with Gasteiger partial charge < -0.3 is 10.1 Å². The third-order valence-electron chi connectivity index (χ3n) is 3.63. The molecule has 1 amide bonds. The van der Waals surface area contributed by atoms with Crippen LogP contribution in [0.2, 0.25) is 0 Å². The number of ether oxygens (including phenoxy) is 1. The van der Waals surface area contributed by atoms with Gasteiger partial charge in [0.2, 0.25) is 0 Å². The Kier molecular flexibility index (Phi) is 6.20. The summed E-state index contributed by atoms with van der Waals surface area (Å²) in [6, 6.07) is 6.82. The molecule has 1 aromatic rings. The van der Waals surface area contributed by atoms with E-state index < -0.39 is 17.6 Å². The molecule has 4 nitrogen and oxygen atoms in total. The van der Waals surface area contributed by atoms with Gasteiger partial charge in [0.05, 0.1) is 0 Å². The second-order valence-corrected chi connectivity index (χ2v) is 8.56. The van der Waals surface area contributed by atoms with Crippen molar-refractivity contribution in [3.05, 3.63) is 35.4 Å². The summed E-state index contributed by atoms with van der Waals surface area (Å²) in [6.45, 7) is 15.6. The highest BCUT2D eigenvalue weighted by Gasteiger charge is 2.29. The first-order valence-electron chi connectivity index (χ1n) is 8.45. The summed E-state index contributed by atoms with van der Waals surface area (Å²) in [5.41, 5.74) is 1.15. The quantitative estimate of drug-likeness (QED) is 0.845. The fourth-order valence-electron chi connectivity index (χ4n) is 2.21. The average molecular weight is 333 g/mol. The van der Waals surface area contributed by atoms with Crippen molar-refractivity contribution in [3.8, 4) is 0 Å². The Labute approximate surface area is 146 Å². The summed E-state index contributed by atoms with van der Waals surface area (Å²) >= 11 is 0. The topological polar surface area (TPSA) is 55.4 Å². The first-order chi connectivity index (χ1) is 10.8. The Bertz CT molecular complexity index is 574. The maximum Gasteiger partial charge on any atom is 0.329 e. The van der Waals surface area contributed by atoms with E-state index in [4.69, 9.17) is 4.74 Å². The molecule has 1 unspecified atom stereocenters. The van der Waals surface area contributed by atoms with Gasteiger partial charge in [-0.3, -0.25) is 4.79 Å². The van der Waals surface area contributed by atoms with E-state index >= 15 is 0 Å². The standard InChI is InChI=1S/C20H31NO3/c1-13(2)16(18(23)24-20(6,7)8)21-17(22)14-9-11-15(12-10-14)19(3,4)5/h9-13,16H,1-8H3,(H,21,22). The minimum atomic E-state index is -0.668. The summed E-state index contributed by atoms with van der Waals surface area (Å²) in [5.74, 6) is -0.727. The lowest BCUT2D eigenvalue weighted by Crippen LogP contribution is -2.47. The van der Waals surface area contributed by atoms with Gasteiger partial charge in [0, 0.05) is 5.56 Å². The lowest BCUT2D eigenvalue weighted by molar-refractivity contribution is -0.158. The Morgan fingerprint density at radius 3 is 1.83 bits per heavy atom. The van der Waals surface area contributed by atoms with E-state index in [0.717, 1.165) is 5.56 Å². The molecule has 0 heterocycles. The molecular weight excluding hydrogens is 302 g/mol. The van der Waals surface area contributed by atoms with Crippen molar-refractivity contribution >= 4 is 11.9 Å². The van der Waals surface area contributed by atoms with Crippen molar-refractivity contribution in [2.24, 2.45) is 5.92 Å². The molecule has 0 saturated carbocycles. The van der Waals surface area contributed by atoms with Crippen LogP contribution in [-0.4, -0.2) is 23.5 Å². The molecule has 1 atom stereocenters. The summed E-state index contributed by atoms with van der Waals surface area (Å²) < 4.78 is 5.41. The van der Waals surface area contributed by atoms with Crippen molar-refractivity contribution in [2.45, 2.75) is 72.4 Å². The molecule has 0 aromatic heterocycles. The molecule has 0 fully saturated rings. The van der Waals surface area contributed by atoms with Crippen molar-refractivity contribution in [3.63, 3.8) is 0 Å². The second-order valence-electron chi connectivity index (χ2n) is 8.56. The van der Waals surface area contributed by atoms with Crippen LogP contribution in [0.4, 0.5) is 0 Å². The van der Waals surface area contributed by atoms with Crippen LogP contribution < -0.4 is 5.32 Å². The average Bonchev–Trinajstić information content (AvgIpc) is 2.41. The zero-order valence-corrected chi connectivity index (χ0v) is 16.2. The van der Waals surface area contributed by atoms with Gasteiger partial charge >= 0.3 is 5.97 Å². The molecule has 0 radical (unpaired) electrons. The molecule has 1 rings (SSSR count). The number of rotatable bonds is 4. The van der Waals surface area contributed by atoms with Gasteiger partial charge in [-0.25, -0.2) is 4.79 Å². The first-order valence-corrected chi connectivity index (χ1v) is 8.45. The number of nitrogens with one attached hydrogen (secondary N) is 1. The van der Waals surface area contributed by atoms with Crippen LogP contribution in [-0.2, 0) is 14.9 Å². The predicted molar refractivity (Wildman–Crippen MR) is 97.1 cm³/mol. The van der Waals surface area contributed by atoms with Crippen LogP contribution in [0.1, 0.15) is 71.3 Å². The van der Waals surface area contributed by atoms with Gasteiger partial charge in [0.1, 0.15) is 11.6 Å². The molecule has 24 heavy (non-hydrogen) atoms. The van der Waals surface area contributed by atoms with Gasteiger partial charge in [0.25, 0.3) is 5.91 Å². The predicted octanol–water partition coefficient (Wildman–Crippen LogP) is 4.08. The van der Waals surface area contributed by atoms with Crippen LogP contribution >= 0.6 is 0 Å². The molecule has 0 spiro atoms. The van der Waals surface area contributed by atoms with E-state index in [0.29, 0.717) is 5.56 Å². The van der Waals surface area contributed by atoms with Gasteiger partial charge in [-0.15, -0.1) is 0 Å². The molecule has 1 N–H and O–H groups in total.